The maximum atomic E-state index is 5.68. The van der Waals surface area contributed by atoms with Gasteiger partial charge in [-0.05, 0) is 19.0 Å². The minimum absolute atomic E-state index is 0.242. The van der Waals surface area contributed by atoms with Crippen LogP contribution in [0.5, 0.6) is 0 Å². The van der Waals surface area contributed by atoms with E-state index in [2.05, 4.69) is 29.6 Å². The molecule has 0 radical (unpaired) electrons. The third-order valence-electron chi connectivity index (χ3n) is 2.59. The van der Waals surface area contributed by atoms with Crippen molar-refractivity contribution in [1.82, 2.24) is 5.32 Å². The zero-order valence-corrected chi connectivity index (χ0v) is 7.86. The summed E-state index contributed by atoms with van der Waals surface area (Å²) in [5, 5.41) is 3.29. The molecule has 0 amide bonds. The fourth-order valence-corrected chi connectivity index (χ4v) is 1.86. The summed E-state index contributed by atoms with van der Waals surface area (Å²) >= 11 is 0. The average Bonchev–Trinajstić information content (AvgIpc) is 2.67. The van der Waals surface area contributed by atoms with Gasteiger partial charge in [-0.2, -0.15) is 0 Å². The van der Waals surface area contributed by atoms with Gasteiger partial charge in [0.15, 0.2) is 0 Å². The summed E-state index contributed by atoms with van der Waals surface area (Å²) in [5.74, 6) is 0. The van der Waals surface area contributed by atoms with E-state index in [4.69, 9.17) is 4.74 Å². The molecule has 0 bridgehead atoms. The summed E-state index contributed by atoms with van der Waals surface area (Å²) in [6.45, 7) is 0.866. The van der Waals surface area contributed by atoms with Crippen molar-refractivity contribution >= 4 is 0 Å². The van der Waals surface area contributed by atoms with E-state index < -0.39 is 0 Å². The van der Waals surface area contributed by atoms with E-state index >= 15 is 0 Å². The fraction of sp³-hybridized carbons (Fsp3) is 0.455. The molecule has 2 heteroatoms. The topological polar surface area (TPSA) is 21.3 Å². The lowest BCUT2D eigenvalue weighted by atomic mass is 10.0. The van der Waals surface area contributed by atoms with Crippen molar-refractivity contribution in [2.24, 2.45) is 0 Å². The molecule has 2 rings (SSSR count). The first-order chi connectivity index (χ1) is 6.42. The lowest BCUT2D eigenvalue weighted by Crippen LogP contribution is -2.27. The molecule has 1 fully saturated rings. The van der Waals surface area contributed by atoms with Crippen LogP contribution in [-0.2, 0) is 4.74 Å². The second kappa shape index (κ2) is 3.90. The number of hydrogen-bond donors (Lipinski definition) is 1. The molecule has 2 atom stereocenters. The van der Waals surface area contributed by atoms with Gasteiger partial charge in [-0.25, -0.2) is 0 Å². The van der Waals surface area contributed by atoms with Crippen LogP contribution < -0.4 is 5.32 Å². The van der Waals surface area contributed by atoms with Gasteiger partial charge in [0.1, 0.15) is 0 Å². The predicted octanol–water partition coefficient (Wildman–Crippen LogP) is 1.74. The number of rotatable bonds is 2. The highest BCUT2D eigenvalue weighted by atomic mass is 16.5. The Bertz CT molecular complexity index is 260. The van der Waals surface area contributed by atoms with Crippen molar-refractivity contribution < 1.29 is 4.74 Å². The first kappa shape index (κ1) is 8.73. The van der Waals surface area contributed by atoms with E-state index in [1.165, 1.54) is 5.56 Å². The van der Waals surface area contributed by atoms with E-state index in [0.29, 0.717) is 6.04 Å². The first-order valence-electron chi connectivity index (χ1n) is 4.75. The molecular formula is C11H15NO. The van der Waals surface area contributed by atoms with Gasteiger partial charge < -0.3 is 10.1 Å². The fourth-order valence-electron chi connectivity index (χ4n) is 1.86. The summed E-state index contributed by atoms with van der Waals surface area (Å²) in [6.07, 6.45) is 1.35. The van der Waals surface area contributed by atoms with E-state index in [0.717, 1.165) is 13.0 Å². The highest BCUT2D eigenvalue weighted by Crippen LogP contribution is 2.28. The van der Waals surface area contributed by atoms with Gasteiger partial charge in [-0.3, -0.25) is 0 Å². The van der Waals surface area contributed by atoms with Crippen molar-refractivity contribution in [3.63, 3.8) is 0 Å². The standard InChI is InChI=1S/C11H15NO/c1-12-10-7-8-13-11(10)9-5-3-2-4-6-9/h2-6,10-12H,7-8H2,1H3. The molecule has 1 aliphatic heterocycles. The normalized spacial score (nSPS) is 27.8. The van der Waals surface area contributed by atoms with Crippen molar-refractivity contribution in [2.45, 2.75) is 18.6 Å². The highest BCUT2D eigenvalue weighted by molar-refractivity contribution is 5.20. The van der Waals surface area contributed by atoms with Gasteiger partial charge in [0, 0.05) is 12.6 Å². The Morgan fingerprint density at radius 3 is 2.77 bits per heavy atom. The molecule has 70 valence electrons. The Hall–Kier alpha value is -0.860. The highest BCUT2D eigenvalue weighted by Gasteiger charge is 2.27. The molecule has 1 heterocycles. The summed E-state index contributed by atoms with van der Waals surface area (Å²) in [5.41, 5.74) is 1.28. The Labute approximate surface area is 78.9 Å². The molecule has 2 nitrogen and oxygen atoms in total. The number of benzene rings is 1. The number of ether oxygens (including phenoxy) is 1. The van der Waals surface area contributed by atoms with Crippen LogP contribution in [0.1, 0.15) is 18.1 Å². The zero-order chi connectivity index (χ0) is 9.10. The Kier molecular flexibility index (Phi) is 2.62. The molecule has 0 saturated carbocycles. The number of nitrogens with one attached hydrogen (secondary N) is 1. The summed E-state index contributed by atoms with van der Waals surface area (Å²) in [4.78, 5) is 0. The second-order valence-electron chi connectivity index (χ2n) is 3.39. The van der Waals surface area contributed by atoms with E-state index in [-0.39, 0.29) is 6.10 Å². The van der Waals surface area contributed by atoms with E-state index in [1.807, 2.05) is 13.1 Å². The van der Waals surface area contributed by atoms with Crippen LogP contribution in [0.2, 0.25) is 0 Å². The lowest BCUT2D eigenvalue weighted by molar-refractivity contribution is 0.100. The summed E-state index contributed by atoms with van der Waals surface area (Å²) < 4.78 is 5.68. The van der Waals surface area contributed by atoms with Gasteiger partial charge in [0.25, 0.3) is 0 Å². The van der Waals surface area contributed by atoms with E-state index in [9.17, 15) is 0 Å². The third kappa shape index (κ3) is 1.74. The smallest absolute Gasteiger partial charge is 0.0978 e. The van der Waals surface area contributed by atoms with Gasteiger partial charge in [-0.15, -0.1) is 0 Å². The van der Waals surface area contributed by atoms with E-state index in [1.54, 1.807) is 0 Å². The van der Waals surface area contributed by atoms with Gasteiger partial charge in [0.05, 0.1) is 6.10 Å². The molecular weight excluding hydrogens is 162 g/mol. The van der Waals surface area contributed by atoms with Crippen LogP contribution in [0, 0.1) is 0 Å². The molecule has 0 aromatic heterocycles. The SMILES string of the molecule is CNC1CCOC1c1ccccc1. The van der Waals surface area contributed by atoms with Crippen molar-refractivity contribution in [1.29, 1.82) is 0 Å². The monoisotopic (exact) mass is 177 g/mol. The average molecular weight is 177 g/mol. The maximum absolute atomic E-state index is 5.68. The Morgan fingerprint density at radius 2 is 2.08 bits per heavy atom. The van der Waals surface area contributed by atoms with Crippen LogP contribution in [0.4, 0.5) is 0 Å². The second-order valence-corrected chi connectivity index (χ2v) is 3.39. The molecule has 2 unspecified atom stereocenters. The van der Waals surface area contributed by atoms with Crippen molar-refractivity contribution in [2.75, 3.05) is 13.7 Å². The van der Waals surface area contributed by atoms with Crippen LogP contribution in [0.25, 0.3) is 0 Å². The zero-order valence-electron chi connectivity index (χ0n) is 7.86. The number of likely N-dealkylation sites (N-methyl/N-ethyl adjacent to an activating group) is 1. The van der Waals surface area contributed by atoms with Gasteiger partial charge in [-0.1, -0.05) is 30.3 Å². The van der Waals surface area contributed by atoms with Crippen LogP contribution in [0.3, 0.4) is 0 Å². The Morgan fingerprint density at radius 1 is 1.31 bits per heavy atom. The minimum Gasteiger partial charge on any atom is -0.372 e. The first-order valence-corrected chi connectivity index (χ1v) is 4.75. The lowest BCUT2D eigenvalue weighted by Gasteiger charge is -2.17. The molecule has 1 aromatic rings. The molecule has 0 aliphatic carbocycles. The van der Waals surface area contributed by atoms with Crippen LogP contribution in [-0.4, -0.2) is 19.7 Å². The van der Waals surface area contributed by atoms with Crippen LogP contribution in [0.15, 0.2) is 30.3 Å². The predicted molar refractivity (Wildman–Crippen MR) is 52.6 cm³/mol. The Balaban J connectivity index is 2.16. The summed E-state index contributed by atoms with van der Waals surface area (Å²) in [7, 11) is 2.00. The molecule has 1 aromatic carbocycles. The number of hydrogen-bond acceptors (Lipinski definition) is 2. The van der Waals surface area contributed by atoms with Crippen molar-refractivity contribution in [3.05, 3.63) is 35.9 Å². The van der Waals surface area contributed by atoms with Crippen molar-refractivity contribution in [3.8, 4) is 0 Å². The maximum Gasteiger partial charge on any atom is 0.0978 e. The molecule has 1 N–H and O–H groups in total. The summed E-state index contributed by atoms with van der Waals surface area (Å²) in [6, 6.07) is 10.9. The van der Waals surface area contributed by atoms with Gasteiger partial charge in [0.2, 0.25) is 0 Å². The largest absolute Gasteiger partial charge is 0.372 e. The van der Waals surface area contributed by atoms with Crippen LogP contribution >= 0.6 is 0 Å². The van der Waals surface area contributed by atoms with Gasteiger partial charge >= 0.3 is 0 Å². The quantitative estimate of drug-likeness (QED) is 0.743. The minimum atomic E-state index is 0.242. The molecule has 0 spiro atoms. The third-order valence-corrected chi connectivity index (χ3v) is 2.59. The molecule has 1 saturated heterocycles. The molecule has 1 aliphatic rings. The molecule has 13 heavy (non-hydrogen) atoms.